The first-order valence-electron chi connectivity index (χ1n) is 8.32. The molecule has 3 amide bonds. The van der Waals surface area contributed by atoms with Gasteiger partial charge in [-0.05, 0) is 30.0 Å². The van der Waals surface area contributed by atoms with Gasteiger partial charge in [-0.1, -0.05) is 46.3 Å². The third kappa shape index (κ3) is 2.98. The van der Waals surface area contributed by atoms with Crippen LogP contribution in [0.1, 0.15) is 15.9 Å². The minimum Gasteiger partial charge on any atom is -0.311 e. The number of benzene rings is 2. The van der Waals surface area contributed by atoms with Crippen LogP contribution in [-0.2, 0) is 9.59 Å². The van der Waals surface area contributed by atoms with E-state index in [0.717, 1.165) is 9.37 Å². The van der Waals surface area contributed by atoms with Gasteiger partial charge >= 0.3 is 0 Å². The Bertz CT molecular complexity index is 1080. The fraction of sp³-hybridized carbons (Fsp3) is 0.100. The maximum Gasteiger partial charge on any atom is 0.294 e. The van der Waals surface area contributed by atoms with Crippen molar-refractivity contribution in [3.8, 4) is 0 Å². The Morgan fingerprint density at radius 2 is 1.68 bits per heavy atom. The van der Waals surface area contributed by atoms with Crippen molar-refractivity contribution in [2.75, 3.05) is 18.5 Å². The van der Waals surface area contributed by atoms with Gasteiger partial charge in [0.05, 0.1) is 22.7 Å². The predicted octanol–water partition coefficient (Wildman–Crippen LogP) is 3.71. The number of Topliss-reactive ketones (excluding diaryl/α,β-unsaturated/α-hetero) is 1. The van der Waals surface area contributed by atoms with Crippen LogP contribution in [0, 0.1) is 0 Å². The lowest BCUT2D eigenvalue weighted by Crippen LogP contribution is -2.34. The number of hydrogen-bond acceptors (Lipinski definition) is 5. The third-order valence-corrected chi connectivity index (χ3v) is 6.10. The molecule has 0 saturated carbocycles. The summed E-state index contributed by atoms with van der Waals surface area (Å²) >= 11 is 3.99. The van der Waals surface area contributed by atoms with Crippen molar-refractivity contribution in [1.82, 2.24) is 4.90 Å². The maximum absolute atomic E-state index is 12.9. The molecule has 2 aliphatic rings. The van der Waals surface area contributed by atoms with Gasteiger partial charge in [-0.15, -0.1) is 0 Å². The van der Waals surface area contributed by atoms with Gasteiger partial charge < -0.3 is 4.90 Å². The second-order valence-corrected chi connectivity index (χ2v) is 8.15. The van der Waals surface area contributed by atoms with E-state index in [9.17, 15) is 19.2 Å². The molecule has 1 saturated heterocycles. The quantitative estimate of drug-likeness (QED) is 0.519. The van der Waals surface area contributed by atoms with Crippen molar-refractivity contribution in [1.29, 1.82) is 0 Å². The number of anilines is 1. The number of ketones is 1. The minimum atomic E-state index is -0.617. The summed E-state index contributed by atoms with van der Waals surface area (Å²) in [6.07, 6.45) is 0. The van der Waals surface area contributed by atoms with Crippen LogP contribution in [0.3, 0.4) is 0 Å². The largest absolute Gasteiger partial charge is 0.311 e. The number of halogens is 1. The maximum atomic E-state index is 12.9. The van der Waals surface area contributed by atoms with Crippen molar-refractivity contribution in [2.45, 2.75) is 0 Å². The summed E-state index contributed by atoms with van der Waals surface area (Å²) < 4.78 is 0.822. The summed E-state index contributed by atoms with van der Waals surface area (Å²) in [4.78, 5) is 52.9. The highest BCUT2D eigenvalue weighted by Crippen LogP contribution is 2.43. The Morgan fingerprint density at radius 3 is 2.39 bits per heavy atom. The first-order chi connectivity index (χ1) is 13.4. The van der Waals surface area contributed by atoms with Crippen LogP contribution >= 0.6 is 27.7 Å². The van der Waals surface area contributed by atoms with E-state index < -0.39 is 11.1 Å². The predicted molar refractivity (Wildman–Crippen MR) is 110 cm³/mol. The van der Waals surface area contributed by atoms with Gasteiger partial charge in [-0.25, -0.2) is 0 Å². The van der Waals surface area contributed by atoms with E-state index in [0.29, 0.717) is 28.6 Å². The number of hydrogen-bond donors (Lipinski definition) is 0. The number of para-hydroxylation sites is 1. The molecule has 2 heterocycles. The number of carbonyl (C=O) groups excluding carboxylic acids is 4. The van der Waals surface area contributed by atoms with Gasteiger partial charge in [0.25, 0.3) is 17.1 Å². The number of likely N-dealkylation sites (N-methyl/N-ethyl adjacent to an activating group) is 1. The van der Waals surface area contributed by atoms with Crippen LogP contribution in [0.2, 0.25) is 0 Å². The van der Waals surface area contributed by atoms with Crippen molar-refractivity contribution >= 4 is 61.8 Å². The fourth-order valence-electron chi connectivity index (χ4n) is 3.15. The molecular weight excluding hydrogens is 444 g/mol. The van der Waals surface area contributed by atoms with E-state index in [4.69, 9.17) is 0 Å². The second kappa shape index (κ2) is 7.03. The van der Waals surface area contributed by atoms with Crippen molar-refractivity contribution < 1.29 is 19.2 Å². The Labute approximate surface area is 173 Å². The molecule has 140 valence electrons. The lowest BCUT2D eigenvalue weighted by atomic mass is 10.1. The van der Waals surface area contributed by atoms with Crippen LogP contribution in [-0.4, -0.2) is 41.3 Å². The van der Waals surface area contributed by atoms with Crippen LogP contribution in [0.5, 0.6) is 0 Å². The summed E-state index contributed by atoms with van der Waals surface area (Å²) in [6, 6.07) is 13.8. The zero-order valence-corrected chi connectivity index (χ0v) is 17.0. The van der Waals surface area contributed by atoms with Crippen LogP contribution in [0.15, 0.2) is 57.9 Å². The van der Waals surface area contributed by atoms with E-state index in [2.05, 4.69) is 15.9 Å². The Balaban J connectivity index is 1.66. The van der Waals surface area contributed by atoms with Gasteiger partial charge in [-0.2, -0.15) is 0 Å². The molecule has 8 heteroatoms. The number of thioether (sulfide) groups is 1. The van der Waals surface area contributed by atoms with Gasteiger partial charge in [0.1, 0.15) is 0 Å². The van der Waals surface area contributed by atoms with Gasteiger partial charge in [0.15, 0.2) is 5.78 Å². The summed E-state index contributed by atoms with van der Waals surface area (Å²) in [5, 5.41) is -0.558. The second-order valence-electron chi connectivity index (χ2n) is 6.27. The zero-order chi connectivity index (χ0) is 20.0. The zero-order valence-electron chi connectivity index (χ0n) is 14.6. The van der Waals surface area contributed by atoms with E-state index in [1.54, 1.807) is 55.6 Å². The number of rotatable bonds is 3. The number of nitrogens with zero attached hydrogens (tertiary/aromatic N) is 2. The molecule has 0 unspecified atom stereocenters. The summed E-state index contributed by atoms with van der Waals surface area (Å²) in [7, 11) is 1.62. The van der Waals surface area contributed by atoms with Crippen LogP contribution in [0.4, 0.5) is 10.5 Å². The summed E-state index contributed by atoms with van der Waals surface area (Å²) in [5.74, 6) is -1.31. The number of imide groups is 1. The Kier molecular flexibility index (Phi) is 4.68. The molecule has 2 aromatic rings. The van der Waals surface area contributed by atoms with Gasteiger partial charge in [-0.3, -0.25) is 24.1 Å². The molecule has 2 aliphatic heterocycles. The lowest BCUT2D eigenvalue weighted by molar-refractivity contribution is -0.122. The Hall–Kier alpha value is -2.71. The molecular formula is C20H13BrN2O4S. The molecule has 2 aromatic carbocycles. The molecule has 0 atom stereocenters. The van der Waals surface area contributed by atoms with E-state index in [-0.39, 0.29) is 28.7 Å². The molecule has 0 spiro atoms. The van der Waals surface area contributed by atoms with E-state index >= 15 is 0 Å². The van der Waals surface area contributed by atoms with Crippen LogP contribution in [0.25, 0.3) is 5.57 Å². The number of amides is 3. The molecule has 0 N–H and O–H groups in total. The van der Waals surface area contributed by atoms with Gasteiger partial charge in [0, 0.05) is 22.6 Å². The molecule has 1 fully saturated rings. The minimum absolute atomic E-state index is 0.0652. The SMILES string of the molecule is CN1C(=O)/C(=C2/SC(=O)N(CC(=O)c3ccc(Br)cc3)C2=O)c2ccccc21. The first-order valence-corrected chi connectivity index (χ1v) is 9.93. The number of carbonyl (C=O) groups is 4. The smallest absolute Gasteiger partial charge is 0.294 e. The highest BCUT2D eigenvalue weighted by Gasteiger charge is 2.43. The van der Waals surface area contributed by atoms with Crippen molar-refractivity contribution in [2.24, 2.45) is 0 Å². The first kappa shape index (κ1) is 18.6. The third-order valence-electron chi connectivity index (χ3n) is 4.60. The van der Waals surface area contributed by atoms with E-state index in [1.165, 1.54) is 4.90 Å². The standard InChI is InChI=1S/C20H13BrN2O4S/c1-22-14-5-3-2-4-13(14)16(18(22)25)17-19(26)23(20(27)28-17)10-15(24)11-6-8-12(21)9-7-11/h2-9H,10H2,1H3/b17-16+. The molecule has 28 heavy (non-hydrogen) atoms. The Morgan fingerprint density at radius 1 is 1.00 bits per heavy atom. The summed E-state index contributed by atoms with van der Waals surface area (Å²) in [5.41, 5.74) is 1.90. The topological polar surface area (TPSA) is 74.8 Å². The normalized spacial score (nSPS) is 18.9. The van der Waals surface area contributed by atoms with Crippen LogP contribution < -0.4 is 4.90 Å². The van der Waals surface area contributed by atoms with Crippen molar-refractivity contribution in [3.63, 3.8) is 0 Å². The average Bonchev–Trinajstić information content (AvgIpc) is 3.10. The number of fused-ring (bicyclic) bond motifs is 1. The highest BCUT2D eigenvalue weighted by molar-refractivity contribution is 9.10. The van der Waals surface area contributed by atoms with Gasteiger partial charge in [0.2, 0.25) is 0 Å². The lowest BCUT2D eigenvalue weighted by Gasteiger charge is -2.11. The average molecular weight is 457 g/mol. The molecule has 4 rings (SSSR count). The monoisotopic (exact) mass is 456 g/mol. The molecule has 0 aliphatic carbocycles. The highest BCUT2D eigenvalue weighted by atomic mass is 79.9. The fourth-order valence-corrected chi connectivity index (χ4v) is 4.34. The molecule has 0 aromatic heterocycles. The molecule has 0 radical (unpaired) electrons. The molecule has 0 bridgehead atoms. The summed E-state index contributed by atoms with van der Waals surface area (Å²) in [6.45, 7) is -0.366. The van der Waals surface area contributed by atoms with E-state index in [1.807, 2.05) is 0 Å². The molecule has 6 nitrogen and oxygen atoms in total. The van der Waals surface area contributed by atoms with Crippen molar-refractivity contribution in [3.05, 3.63) is 69.0 Å².